The van der Waals surface area contributed by atoms with Crippen LogP contribution >= 0.6 is 48.8 Å². The molecule has 0 saturated heterocycles. The molecule has 58 heavy (non-hydrogen) atoms. The molecule has 0 bridgehead atoms. The van der Waals surface area contributed by atoms with Crippen LogP contribution in [0.1, 0.15) is 160 Å². The topological polar surface area (TPSA) is 34.1 Å². The third-order valence-corrected chi connectivity index (χ3v) is 13.4. The highest BCUT2D eigenvalue weighted by molar-refractivity contribution is 8.00. The van der Waals surface area contributed by atoms with Crippen LogP contribution in [-0.2, 0) is 12.8 Å². The van der Waals surface area contributed by atoms with E-state index in [0.29, 0.717) is 22.3 Å². The van der Waals surface area contributed by atoms with Crippen molar-refractivity contribution in [3.8, 4) is 0 Å². The maximum absolute atomic E-state index is 14.6. The van der Waals surface area contributed by atoms with Crippen LogP contribution in [0.4, 0.5) is 0 Å². The molecule has 0 fully saturated rings. The molecule has 306 valence electrons. The van der Waals surface area contributed by atoms with E-state index < -0.39 is 0 Å². The third-order valence-electron chi connectivity index (χ3n) is 10.7. The lowest BCUT2D eigenvalue weighted by molar-refractivity contribution is 0.103. The molecule has 5 aromatic rings. The second kappa shape index (κ2) is 25.5. The van der Waals surface area contributed by atoms with E-state index in [1.165, 1.54) is 125 Å². The first-order chi connectivity index (χ1) is 28.3. The lowest BCUT2D eigenvalue weighted by Crippen LogP contribution is -2.09. The standard InChI is InChI=1S/C52H62O2S4/c1-3-5-7-9-11-13-15-17-21-39-27-31-41(32-28-39)51(53)47-37-48(52(54)42-33-29-40(30-34-42)22-18-16-14-12-10-8-6-4-2)50(58-46-26-20-24-44(56)36-46)38-49(47)57-45-25-19-23-43(55)35-45/h19-20,23-38,55-56H,3-18,21-22H2,1-2H3. The van der Waals surface area contributed by atoms with Gasteiger partial charge in [0.05, 0.1) is 0 Å². The van der Waals surface area contributed by atoms with Crippen molar-refractivity contribution in [1.82, 2.24) is 0 Å². The van der Waals surface area contributed by atoms with Crippen LogP contribution < -0.4 is 0 Å². The second-order valence-corrected chi connectivity index (χ2v) is 18.8. The Labute approximate surface area is 369 Å². The maximum Gasteiger partial charge on any atom is 0.194 e. The average molecular weight is 847 g/mol. The quantitative estimate of drug-likeness (QED) is 0.0330. The van der Waals surface area contributed by atoms with Crippen molar-refractivity contribution in [2.75, 3.05) is 0 Å². The predicted molar refractivity (Wildman–Crippen MR) is 254 cm³/mol. The van der Waals surface area contributed by atoms with E-state index in [1.807, 2.05) is 84.9 Å². The van der Waals surface area contributed by atoms with Gasteiger partial charge in [-0.3, -0.25) is 9.59 Å². The molecular formula is C52H62O2S4. The van der Waals surface area contributed by atoms with Gasteiger partial charge in [-0.15, -0.1) is 25.3 Å². The zero-order chi connectivity index (χ0) is 41.0. The van der Waals surface area contributed by atoms with E-state index in [2.05, 4.69) is 63.4 Å². The molecule has 5 aromatic carbocycles. The number of carbonyl (C=O) groups is 2. The molecule has 0 unspecified atom stereocenters. The molecule has 0 aliphatic heterocycles. The maximum atomic E-state index is 14.6. The van der Waals surface area contributed by atoms with Crippen molar-refractivity contribution in [3.05, 3.63) is 143 Å². The lowest BCUT2D eigenvalue weighted by atomic mass is 9.95. The van der Waals surface area contributed by atoms with Gasteiger partial charge in [0, 0.05) is 51.6 Å². The molecule has 0 saturated carbocycles. The summed E-state index contributed by atoms with van der Waals surface area (Å²) in [6.07, 6.45) is 22.7. The number of benzene rings is 5. The first-order valence-corrected chi connectivity index (χ1v) is 24.3. The van der Waals surface area contributed by atoms with Crippen LogP contribution in [-0.4, -0.2) is 11.6 Å². The molecule has 0 N–H and O–H groups in total. The fourth-order valence-electron chi connectivity index (χ4n) is 7.32. The number of unbranched alkanes of at least 4 members (excludes halogenated alkanes) is 14. The zero-order valence-corrected chi connectivity index (χ0v) is 38.1. The summed E-state index contributed by atoms with van der Waals surface area (Å²) in [7, 11) is 0. The molecule has 0 radical (unpaired) electrons. The normalized spacial score (nSPS) is 11.2. The second-order valence-electron chi connectivity index (χ2n) is 15.5. The first kappa shape index (κ1) is 45.9. The minimum Gasteiger partial charge on any atom is -0.289 e. The van der Waals surface area contributed by atoms with Gasteiger partial charge in [-0.1, -0.05) is 188 Å². The van der Waals surface area contributed by atoms with E-state index in [-0.39, 0.29) is 11.6 Å². The Bertz CT molecular complexity index is 1880. The van der Waals surface area contributed by atoms with Crippen molar-refractivity contribution in [2.24, 2.45) is 0 Å². The first-order valence-electron chi connectivity index (χ1n) is 21.7. The minimum atomic E-state index is -0.0909. The van der Waals surface area contributed by atoms with E-state index >= 15 is 0 Å². The van der Waals surface area contributed by atoms with Crippen LogP contribution in [0.25, 0.3) is 0 Å². The number of rotatable bonds is 26. The van der Waals surface area contributed by atoms with Crippen molar-refractivity contribution in [3.63, 3.8) is 0 Å². The lowest BCUT2D eigenvalue weighted by Gasteiger charge is -2.16. The monoisotopic (exact) mass is 846 g/mol. The molecular weight excluding hydrogens is 785 g/mol. The summed E-state index contributed by atoms with van der Waals surface area (Å²) in [5, 5.41) is 0. The molecule has 0 atom stereocenters. The smallest absolute Gasteiger partial charge is 0.194 e. The number of hydrogen-bond acceptors (Lipinski definition) is 6. The van der Waals surface area contributed by atoms with Crippen LogP contribution in [0.3, 0.4) is 0 Å². The fraction of sp³-hybridized carbons (Fsp3) is 0.385. The summed E-state index contributed by atoms with van der Waals surface area (Å²) in [4.78, 5) is 34.4. The Hall–Kier alpha value is -3.16. The summed E-state index contributed by atoms with van der Waals surface area (Å²) < 4.78 is 0. The van der Waals surface area contributed by atoms with Gasteiger partial charge in [0.2, 0.25) is 0 Å². The predicted octanol–water partition coefficient (Wildman–Crippen LogP) is 16.4. The molecule has 0 aliphatic carbocycles. The summed E-state index contributed by atoms with van der Waals surface area (Å²) in [6.45, 7) is 4.52. The van der Waals surface area contributed by atoms with E-state index in [1.54, 1.807) is 0 Å². The molecule has 5 rings (SSSR count). The Balaban J connectivity index is 1.40. The number of aryl methyl sites for hydroxylation is 2. The highest BCUT2D eigenvalue weighted by atomic mass is 32.2. The number of ketones is 2. The van der Waals surface area contributed by atoms with Gasteiger partial charge in [-0.2, -0.15) is 0 Å². The van der Waals surface area contributed by atoms with Crippen molar-refractivity contribution in [1.29, 1.82) is 0 Å². The minimum absolute atomic E-state index is 0.0909. The molecule has 0 aliphatic rings. The summed E-state index contributed by atoms with van der Waals surface area (Å²) in [5.41, 5.74) is 4.79. The third kappa shape index (κ3) is 15.1. The number of thiol groups is 2. The van der Waals surface area contributed by atoms with Gasteiger partial charge >= 0.3 is 0 Å². The van der Waals surface area contributed by atoms with Crippen LogP contribution in [0, 0.1) is 0 Å². The Morgan fingerprint density at radius 3 is 1.16 bits per heavy atom. The summed E-state index contributed by atoms with van der Waals surface area (Å²) in [5.74, 6) is -0.182. The van der Waals surface area contributed by atoms with Gasteiger partial charge in [-0.05, 0) is 85.3 Å². The van der Waals surface area contributed by atoms with Gasteiger partial charge in [0.15, 0.2) is 11.6 Å². The average Bonchev–Trinajstić information content (AvgIpc) is 3.23. The summed E-state index contributed by atoms with van der Waals surface area (Å²) >= 11 is 12.3. The van der Waals surface area contributed by atoms with Crippen LogP contribution in [0.2, 0.25) is 0 Å². The van der Waals surface area contributed by atoms with Gasteiger partial charge in [0.25, 0.3) is 0 Å². The zero-order valence-electron chi connectivity index (χ0n) is 34.6. The highest BCUT2D eigenvalue weighted by Crippen LogP contribution is 2.40. The SMILES string of the molecule is CCCCCCCCCCc1ccc(C(=O)c2cc(C(=O)c3ccc(CCCCCCCCCC)cc3)c(Sc3cccc(S)c3)cc2Sc2cccc(S)c2)cc1. The Morgan fingerprint density at radius 1 is 0.431 bits per heavy atom. The fourth-order valence-corrected chi connectivity index (χ4v) is 10.1. The molecule has 0 heterocycles. The van der Waals surface area contributed by atoms with Gasteiger partial charge < -0.3 is 0 Å². The molecule has 0 spiro atoms. The molecule has 0 aromatic heterocycles. The van der Waals surface area contributed by atoms with Crippen LogP contribution in [0.5, 0.6) is 0 Å². The molecule has 6 heteroatoms. The van der Waals surface area contributed by atoms with E-state index in [9.17, 15) is 9.59 Å². The van der Waals surface area contributed by atoms with Gasteiger partial charge in [0.1, 0.15) is 0 Å². The number of hydrogen-bond donors (Lipinski definition) is 2. The van der Waals surface area contributed by atoms with Crippen molar-refractivity contribution in [2.45, 2.75) is 159 Å². The van der Waals surface area contributed by atoms with E-state index in [0.717, 1.165) is 55.1 Å². The van der Waals surface area contributed by atoms with Crippen molar-refractivity contribution >= 4 is 60.3 Å². The Kier molecular flexibility index (Phi) is 20.2. The molecule has 2 nitrogen and oxygen atoms in total. The largest absolute Gasteiger partial charge is 0.289 e. The number of carbonyl (C=O) groups excluding carboxylic acids is 2. The Morgan fingerprint density at radius 2 is 0.793 bits per heavy atom. The highest BCUT2D eigenvalue weighted by Gasteiger charge is 2.23. The molecule has 0 amide bonds. The van der Waals surface area contributed by atoms with Crippen LogP contribution in [0.15, 0.2) is 139 Å². The van der Waals surface area contributed by atoms with Crippen molar-refractivity contribution < 1.29 is 9.59 Å². The summed E-state index contributed by atoms with van der Waals surface area (Å²) in [6, 6.07) is 36.0. The van der Waals surface area contributed by atoms with E-state index in [4.69, 9.17) is 0 Å². The van der Waals surface area contributed by atoms with Gasteiger partial charge in [-0.25, -0.2) is 0 Å².